The molecule has 4 aromatic rings. The molecule has 158 valence electrons. The largest absolute Gasteiger partial charge is 0.354 e. The Morgan fingerprint density at radius 2 is 1.75 bits per heavy atom. The van der Waals surface area contributed by atoms with E-state index in [9.17, 15) is 9.59 Å². The molecule has 32 heavy (non-hydrogen) atoms. The number of anilines is 2. The maximum Gasteiger partial charge on any atom is 0.270 e. The van der Waals surface area contributed by atoms with Gasteiger partial charge in [-0.05, 0) is 60.9 Å². The topological polar surface area (TPSA) is 63.1 Å². The van der Waals surface area contributed by atoms with Crippen LogP contribution in [0.25, 0.3) is 17.0 Å². The van der Waals surface area contributed by atoms with Crippen molar-refractivity contribution >= 4 is 46.0 Å². The monoisotopic (exact) mass is 439 g/mol. The third kappa shape index (κ3) is 3.81. The van der Waals surface area contributed by atoms with Crippen molar-refractivity contribution in [3.63, 3.8) is 0 Å². The second kappa shape index (κ2) is 8.05. The fourth-order valence-corrected chi connectivity index (χ4v) is 4.78. The number of rotatable bonds is 3. The lowest BCUT2D eigenvalue weighted by Gasteiger charge is -2.23. The van der Waals surface area contributed by atoms with Crippen LogP contribution >= 0.6 is 11.8 Å². The van der Waals surface area contributed by atoms with Crippen LogP contribution in [-0.4, -0.2) is 10.6 Å². The van der Waals surface area contributed by atoms with Crippen molar-refractivity contribution in [1.29, 1.82) is 0 Å². The third-order valence-electron chi connectivity index (χ3n) is 5.40. The number of hydrogen-bond acceptors (Lipinski definition) is 4. The molecule has 0 saturated carbocycles. The molecule has 0 atom stereocenters. The molecule has 1 amide bonds. The highest BCUT2D eigenvalue weighted by Crippen LogP contribution is 2.45. The van der Waals surface area contributed by atoms with E-state index in [-0.39, 0.29) is 11.5 Å². The van der Waals surface area contributed by atoms with Gasteiger partial charge in [0, 0.05) is 27.3 Å². The molecular weight excluding hydrogens is 418 g/mol. The van der Waals surface area contributed by atoms with Crippen LogP contribution in [0, 0.1) is 13.8 Å². The van der Waals surface area contributed by atoms with E-state index >= 15 is 0 Å². The van der Waals surface area contributed by atoms with Gasteiger partial charge in [-0.1, -0.05) is 48.2 Å². The molecule has 3 aromatic carbocycles. The summed E-state index contributed by atoms with van der Waals surface area (Å²) in [7, 11) is 0. The zero-order valence-corrected chi connectivity index (χ0v) is 18.5. The number of fused-ring (bicyclic) bond motifs is 3. The van der Waals surface area contributed by atoms with E-state index in [2.05, 4.69) is 41.9 Å². The van der Waals surface area contributed by atoms with Crippen molar-refractivity contribution in [2.24, 2.45) is 0 Å². The van der Waals surface area contributed by atoms with Crippen molar-refractivity contribution < 1.29 is 4.79 Å². The smallest absolute Gasteiger partial charge is 0.270 e. The van der Waals surface area contributed by atoms with Crippen LogP contribution in [0.3, 0.4) is 0 Å². The Labute approximate surface area is 189 Å². The Morgan fingerprint density at radius 3 is 2.56 bits per heavy atom. The van der Waals surface area contributed by atoms with Crippen molar-refractivity contribution in [3.05, 3.63) is 99.9 Å². The van der Waals surface area contributed by atoms with Crippen molar-refractivity contribution in [2.45, 2.75) is 23.6 Å². The van der Waals surface area contributed by atoms with E-state index in [4.69, 9.17) is 0 Å². The third-order valence-corrected chi connectivity index (χ3v) is 6.53. The fraction of sp³-hybridized carbons (Fsp3) is 0.0769. The van der Waals surface area contributed by atoms with Crippen LogP contribution in [0.2, 0.25) is 0 Å². The minimum absolute atomic E-state index is 0.281. The van der Waals surface area contributed by atoms with Crippen molar-refractivity contribution in [2.75, 3.05) is 10.7 Å². The summed E-state index contributed by atoms with van der Waals surface area (Å²) in [5.74, 6) is -0.373. The van der Waals surface area contributed by atoms with Crippen LogP contribution < -0.4 is 16.3 Å². The molecule has 0 fully saturated rings. The Bertz CT molecular complexity index is 1460. The van der Waals surface area contributed by atoms with E-state index in [1.807, 2.05) is 43.3 Å². The number of amides is 1. The minimum Gasteiger partial charge on any atom is -0.354 e. The van der Waals surface area contributed by atoms with Crippen LogP contribution in [0.15, 0.2) is 87.4 Å². The Morgan fingerprint density at radius 1 is 0.969 bits per heavy atom. The minimum atomic E-state index is -0.373. The van der Waals surface area contributed by atoms with Gasteiger partial charge in [0.2, 0.25) is 0 Å². The number of pyridine rings is 1. The second-order valence-corrected chi connectivity index (χ2v) is 8.90. The first-order valence-corrected chi connectivity index (χ1v) is 11.1. The Hall–Kier alpha value is -3.77. The lowest BCUT2D eigenvalue weighted by Crippen LogP contribution is -2.32. The standard InChI is InChI=1S/C26H21N3O2S/c1-16-8-10-23-20(12-16)27-21-15-22-19(14-24(21)32-23)17(2)13-26(31)29(22)28-25(30)11-9-18-6-4-3-5-7-18/h3-15,27H,1-2H3,(H,28,30)/b11-9+. The first-order chi connectivity index (χ1) is 15.5. The van der Waals surface area contributed by atoms with E-state index in [1.54, 1.807) is 23.9 Å². The molecule has 0 unspecified atom stereocenters. The molecular formula is C26H21N3O2S. The van der Waals surface area contributed by atoms with Crippen molar-refractivity contribution in [3.8, 4) is 0 Å². The predicted molar refractivity (Wildman–Crippen MR) is 131 cm³/mol. The summed E-state index contributed by atoms with van der Waals surface area (Å²) in [5.41, 5.74) is 8.00. The number of aromatic nitrogens is 1. The lowest BCUT2D eigenvalue weighted by atomic mass is 10.1. The zero-order chi connectivity index (χ0) is 22.2. The van der Waals surface area contributed by atoms with E-state index in [0.29, 0.717) is 5.52 Å². The van der Waals surface area contributed by atoms with E-state index in [0.717, 1.165) is 37.7 Å². The molecule has 5 rings (SSSR count). The van der Waals surface area contributed by atoms with Crippen LogP contribution in [0.4, 0.5) is 11.4 Å². The van der Waals surface area contributed by atoms with Gasteiger partial charge in [0.25, 0.3) is 11.5 Å². The van der Waals surface area contributed by atoms with E-state index in [1.165, 1.54) is 16.3 Å². The molecule has 1 aliphatic rings. The Kier molecular flexibility index (Phi) is 5.07. The van der Waals surface area contributed by atoms with Gasteiger partial charge < -0.3 is 5.32 Å². The quantitative estimate of drug-likeness (QED) is 0.359. The average Bonchev–Trinajstić information content (AvgIpc) is 2.79. The maximum atomic E-state index is 12.8. The summed E-state index contributed by atoms with van der Waals surface area (Å²) in [6, 6.07) is 21.4. The number of carbonyl (C=O) groups excluding carboxylic acids is 1. The van der Waals surface area contributed by atoms with Gasteiger partial charge in [0.05, 0.1) is 16.9 Å². The summed E-state index contributed by atoms with van der Waals surface area (Å²) in [6.07, 6.45) is 3.15. The summed E-state index contributed by atoms with van der Waals surface area (Å²) < 4.78 is 1.32. The molecule has 1 aromatic heterocycles. The van der Waals surface area contributed by atoms with E-state index < -0.39 is 0 Å². The van der Waals surface area contributed by atoms with Crippen LogP contribution in [0.1, 0.15) is 16.7 Å². The van der Waals surface area contributed by atoms with Gasteiger partial charge in [-0.15, -0.1) is 0 Å². The van der Waals surface area contributed by atoms with Gasteiger partial charge in [-0.3, -0.25) is 15.0 Å². The summed E-state index contributed by atoms with van der Waals surface area (Å²) in [4.78, 5) is 27.6. The molecule has 0 saturated heterocycles. The van der Waals surface area contributed by atoms with Gasteiger partial charge in [0.15, 0.2) is 0 Å². The number of aryl methyl sites for hydroxylation is 2. The van der Waals surface area contributed by atoms with Crippen molar-refractivity contribution in [1.82, 2.24) is 4.68 Å². The normalized spacial score (nSPS) is 12.3. The Balaban J connectivity index is 1.54. The highest BCUT2D eigenvalue weighted by Gasteiger charge is 2.19. The number of nitrogens with one attached hydrogen (secondary N) is 2. The predicted octanol–water partition coefficient (Wildman–Crippen LogP) is 5.61. The molecule has 0 aliphatic carbocycles. The molecule has 2 heterocycles. The summed E-state index contributed by atoms with van der Waals surface area (Å²) in [5, 5.41) is 4.39. The van der Waals surface area contributed by atoms with Gasteiger partial charge in [-0.2, -0.15) is 0 Å². The number of hydrogen-bond donors (Lipinski definition) is 2. The second-order valence-electron chi connectivity index (χ2n) is 7.81. The highest BCUT2D eigenvalue weighted by atomic mass is 32.2. The lowest BCUT2D eigenvalue weighted by molar-refractivity contribution is -0.112. The molecule has 0 radical (unpaired) electrons. The van der Waals surface area contributed by atoms with Gasteiger partial charge in [-0.25, -0.2) is 4.68 Å². The number of benzene rings is 3. The molecule has 6 heteroatoms. The molecule has 2 N–H and O–H groups in total. The van der Waals surface area contributed by atoms with Crippen LogP contribution in [-0.2, 0) is 4.79 Å². The molecule has 0 spiro atoms. The summed E-state index contributed by atoms with van der Waals surface area (Å²) >= 11 is 1.70. The van der Waals surface area contributed by atoms with Gasteiger partial charge >= 0.3 is 0 Å². The summed E-state index contributed by atoms with van der Waals surface area (Å²) in [6.45, 7) is 3.97. The molecule has 1 aliphatic heterocycles. The highest BCUT2D eigenvalue weighted by molar-refractivity contribution is 7.99. The van der Waals surface area contributed by atoms with Crippen LogP contribution in [0.5, 0.6) is 0 Å². The molecule has 0 bridgehead atoms. The maximum absolute atomic E-state index is 12.8. The molecule has 5 nitrogen and oxygen atoms in total. The number of carbonyl (C=O) groups is 1. The average molecular weight is 440 g/mol. The fourth-order valence-electron chi connectivity index (χ4n) is 3.79. The van der Waals surface area contributed by atoms with Gasteiger partial charge in [0.1, 0.15) is 0 Å². The zero-order valence-electron chi connectivity index (χ0n) is 17.7. The number of nitrogens with zero attached hydrogens (tertiary/aromatic N) is 1. The SMILES string of the molecule is Cc1ccc2c(c1)Nc1cc3c(cc1S2)c(C)cc(=O)n3NC(=O)/C=C/c1ccccc1. The first-order valence-electron chi connectivity index (χ1n) is 10.3. The first kappa shape index (κ1) is 20.2.